The van der Waals surface area contributed by atoms with E-state index >= 15 is 0 Å². The summed E-state index contributed by atoms with van der Waals surface area (Å²) in [6, 6.07) is 39.2. The van der Waals surface area contributed by atoms with Crippen molar-refractivity contribution in [1.82, 2.24) is 0 Å². The summed E-state index contributed by atoms with van der Waals surface area (Å²) in [5.41, 5.74) is 4.44. The van der Waals surface area contributed by atoms with Crippen LogP contribution in [0.25, 0.3) is 0 Å². The Morgan fingerprint density at radius 1 is 0.390 bits per heavy atom. The maximum Gasteiger partial charge on any atom is 0.119 e. The first kappa shape index (κ1) is 30.4. The van der Waals surface area contributed by atoms with Crippen molar-refractivity contribution in [2.75, 3.05) is 13.2 Å². The van der Waals surface area contributed by atoms with Crippen LogP contribution >= 0.6 is 0 Å². The smallest absolute Gasteiger partial charge is 0.119 e. The molecule has 0 saturated carbocycles. The van der Waals surface area contributed by atoms with Crippen LogP contribution < -0.4 is 9.47 Å². The Morgan fingerprint density at radius 3 is 1.10 bits per heavy atom. The van der Waals surface area contributed by atoms with Crippen molar-refractivity contribution in [3.05, 3.63) is 131 Å². The highest BCUT2D eigenvalue weighted by Crippen LogP contribution is 2.45. The molecule has 4 rings (SSSR count). The lowest BCUT2D eigenvalue weighted by Gasteiger charge is -2.37. The van der Waals surface area contributed by atoms with Crippen molar-refractivity contribution < 1.29 is 9.47 Å². The Hall–Kier alpha value is -3.52. The van der Waals surface area contributed by atoms with Crippen LogP contribution in [0.5, 0.6) is 11.5 Å². The molecule has 0 fully saturated rings. The number of hydrogen-bond donors (Lipinski definition) is 0. The highest BCUT2D eigenvalue weighted by atomic mass is 16.5. The third-order valence-electron chi connectivity index (χ3n) is 8.02. The van der Waals surface area contributed by atoms with Crippen molar-refractivity contribution in [2.45, 2.75) is 83.5 Å². The van der Waals surface area contributed by atoms with Crippen LogP contribution in [0, 0.1) is 0 Å². The lowest BCUT2D eigenvalue weighted by molar-refractivity contribution is 0.304. The molecule has 4 aromatic carbocycles. The highest BCUT2D eigenvalue weighted by Gasteiger charge is 2.38. The van der Waals surface area contributed by atoms with Gasteiger partial charge in [-0.25, -0.2) is 0 Å². The van der Waals surface area contributed by atoms with Gasteiger partial charge in [0.1, 0.15) is 11.5 Å². The quantitative estimate of drug-likeness (QED) is 0.0909. The minimum Gasteiger partial charge on any atom is -0.494 e. The summed E-state index contributed by atoms with van der Waals surface area (Å²) in [4.78, 5) is 0. The van der Waals surface area contributed by atoms with Crippen molar-refractivity contribution in [3.63, 3.8) is 0 Å². The molecule has 0 aliphatic heterocycles. The summed E-state index contributed by atoms with van der Waals surface area (Å²) in [7, 11) is 0. The lowest BCUT2D eigenvalue weighted by Crippen LogP contribution is -2.31. The van der Waals surface area contributed by atoms with E-state index in [9.17, 15) is 0 Å². The van der Waals surface area contributed by atoms with Gasteiger partial charge in [-0.15, -0.1) is 0 Å². The second-order valence-corrected chi connectivity index (χ2v) is 11.1. The fourth-order valence-electron chi connectivity index (χ4n) is 5.77. The molecule has 0 bridgehead atoms. The molecule has 0 aromatic heterocycles. The Bertz CT molecular complexity index is 1130. The molecule has 2 heteroatoms. The van der Waals surface area contributed by atoms with Crippen molar-refractivity contribution in [2.24, 2.45) is 0 Å². The van der Waals surface area contributed by atoms with Gasteiger partial charge in [0.2, 0.25) is 0 Å². The average Bonchev–Trinajstić information content (AvgIpc) is 3.03. The molecule has 0 saturated heterocycles. The second kappa shape index (κ2) is 16.7. The van der Waals surface area contributed by atoms with Crippen LogP contribution in [0.3, 0.4) is 0 Å². The van der Waals surface area contributed by atoms with Gasteiger partial charge in [-0.1, -0.05) is 150 Å². The van der Waals surface area contributed by atoms with Crippen LogP contribution in [-0.2, 0) is 5.41 Å². The third-order valence-corrected chi connectivity index (χ3v) is 8.02. The van der Waals surface area contributed by atoms with Gasteiger partial charge in [-0.2, -0.15) is 0 Å². The Labute approximate surface area is 248 Å². The molecule has 0 aliphatic carbocycles. The molecule has 4 aromatic rings. The fourth-order valence-corrected chi connectivity index (χ4v) is 5.77. The van der Waals surface area contributed by atoms with Gasteiger partial charge in [0, 0.05) is 0 Å². The average molecular weight is 549 g/mol. The fraction of sp³-hybridized carbons (Fsp3) is 0.385. The summed E-state index contributed by atoms with van der Waals surface area (Å²) in [6.07, 6.45) is 12.4. The number of unbranched alkanes of at least 4 members (excludes halogenated alkanes) is 8. The Balaban J connectivity index is 1.63. The van der Waals surface area contributed by atoms with Gasteiger partial charge >= 0.3 is 0 Å². The number of rotatable bonds is 18. The van der Waals surface area contributed by atoms with Crippen LogP contribution in [0.15, 0.2) is 109 Å². The first-order valence-electron chi connectivity index (χ1n) is 15.9. The SMILES string of the molecule is CCCCCCCOc1ccc(C(c2ccccc2)(c2ccccc2)c2ccc(OCCCCCCC)cc2)cc1. The van der Waals surface area contributed by atoms with E-state index in [0.29, 0.717) is 0 Å². The largest absolute Gasteiger partial charge is 0.494 e. The molecule has 0 unspecified atom stereocenters. The zero-order valence-electron chi connectivity index (χ0n) is 25.2. The molecule has 2 nitrogen and oxygen atoms in total. The molecular formula is C39H48O2. The summed E-state index contributed by atoms with van der Waals surface area (Å²) >= 11 is 0. The highest BCUT2D eigenvalue weighted by molar-refractivity contribution is 5.60. The Morgan fingerprint density at radius 2 is 0.732 bits per heavy atom. The van der Waals surface area contributed by atoms with Gasteiger partial charge in [-0.3, -0.25) is 0 Å². The van der Waals surface area contributed by atoms with Gasteiger partial charge in [0.05, 0.1) is 18.6 Å². The van der Waals surface area contributed by atoms with Crippen molar-refractivity contribution >= 4 is 0 Å². The maximum atomic E-state index is 6.14. The summed E-state index contributed by atoms with van der Waals surface area (Å²) in [6.45, 7) is 6.04. The molecule has 0 spiro atoms. The van der Waals surface area contributed by atoms with Crippen molar-refractivity contribution in [3.8, 4) is 11.5 Å². The summed E-state index contributed by atoms with van der Waals surface area (Å²) < 4.78 is 12.3. The van der Waals surface area contributed by atoms with Gasteiger partial charge in [-0.05, 0) is 59.4 Å². The lowest BCUT2D eigenvalue weighted by atomic mass is 9.65. The summed E-state index contributed by atoms with van der Waals surface area (Å²) in [5, 5.41) is 0. The Kier molecular flexibility index (Phi) is 12.4. The molecular weight excluding hydrogens is 500 g/mol. The normalized spacial score (nSPS) is 11.4. The first-order chi connectivity index (χ1) is 20.3. The minimum absolute atomic E-state index is 0.472. The monoisotopic (exact) mass is 548 g/mol. The standard InChI is InChI=1S/C39H48O2/c1-3-5-7-9-17-31-40-37-27-23-35(24-28-37)39(33-19-13-11-14-20-33,34-21-15-12-16-22-34)36-25-29-38(30-26-36)41-32-18-10-8-6-4-2/h11-16,19-30H,3-10,17-18,31-32H2,1-2H3. The summed E-state index contributed by atoms with van der Waals surface area (Å²) in [5.74, 6) is 1.86. The van der Waals surface area contributed by atoms with E-state index in [1.54, 1.807) is 0 Å². The molecule has 0 heterocycles. The predicted molar refractivity (Wildman–Crippen MR) is 173 cm³/mol. The number of ether oxygens (including phenoxy) is 2. The van der Waals surface area contributed by atoms with Gasteiger partial charge < -0.3 is 9.47 Å². The van der Waals surface area contributed by atoms with E-state index < -0.39 is 5.41 Å². The van der Waals surface area contributed by atoms with E-state index in [1.165, 1.54) is 73.6 Å². The number of benzene rings is 4. The molecule has 0 atom stereocenters. The van der Waals surface area contributed by atoms with E-state index in [-0.39, 0.29) is 0 Å². The molecule has 0 aliphatic rings. The van der Waals surface area contributed by atoms with E-state index in [0.717, 1.165) is 37.6 Å². The molecule has 0 N–H and O–H groups in total. The van der Waals surface area contributed by atoms with Crippen LogP contribution in [0.1, 0.15) is 100 Å². The topological polar surface area (TPSA) is 18.5 Å². The van der Waals surface area contributed by atoms with E-state index in [1.807, 2.05) is 0 Å². The van der Waals surface area contributed by atoms with Crippen molar-refractivity contribution in [1.29, 1.82) is 0 Å². The van der Waals surface area contributed by atoms with Crippen LogP contribution in [-0.4, -0.2) is 13.2 Å². The van der Waals surface area contributed by atoms with Gasteiger partial charge in [0.15, 0.2) is 0 Å². The second-order valence-electron chi connectivity index (χ2n) is 11.1. The van der Waals surface area contributed by atoms with E-state index in [2.05, 4.69) is 123 Å². The zero-order chi connectivity index (χ0) is 28.6. The molecule has 0 radical (unpaired) electrons. The maximum absolute atomic E-state index is 6.14. The van der Waals surface area contributed by atoms with E-state index in [4.69, 9.17) is 9.47 Å². The molecule has 216 valence electrons. The van der Waals surface area contributed by atoms with Gasteiger partial charge in [0.25, 0.3) is 0 Å². The third kappa shape index (κ3) is 8.26. The first-order valence-corrected chi connectivity index (χ1v) is 15.9. The number of hydrogen-bond acceptors (Lipinski definition) is 2. The molecule has 0 amide bonds. The molecule has 41 heavy (non-hydrogen) atoms. The van der Waals surface area contributed by atoms with Crippen LogP contribution in [0.4, 0.5) is 0 Å². The predicted octanol–water partition coefficient (Wildman–Crippen LogP) is 10.8. The van der Waals surface area contributed by atoms with Crippen LogP contribution in [0.2, 0.25) is 0 Å². The zero-order valence-corrected chi connectivity index (χ0v) is 25.2. The minimum atomic E-state index is -0.472.